The van der Waals surface area contributed by atoms with Crippen LogP contribution in [0.1, 0.15) is 96.5 Å². The smallest absolute Gasteiger partial charge is 0.101 e. The summed E-state index contributed by atoms with van der Waals surface area (Å²) in [5, 5.41) is 0. The van der Waals surface area contributed by atoms with E-state index in [1.165, 1.54) is 89.2 Å². The van der Waals surface area contributed by atoms with E-state index in [0.717, 1.165) is 6.54 Å². The van der Waals surface area contributed by atoms with E-state index in [1.54, 1.807) is 0 Å². The predicted octanol–water partition coefficient (Wildman–Crippen LogP) is 7.32. The molecule has 1 aromatic carbocycles. The molecule has 0 spiro atoms. The van der Waals surface area contributed by atoms with Gasteiger partial charge in [-0.05, 0) is 24.8 Å². The first-order valence-corrected chi connectivity index (χ1v) is 11.6. The second-order valence-electron chi connectivity index (χ2n) is 8.15. The molecule has 1 atom stereocenters. The van der Waals surface area contributed by atoms with E-state index in [2.05, 4.69) is 66.4 Å². The van der Waals surface area contributed by atoms with Gasteiger partial charge in [0, 0.05) is 25.5 Å². The first kappa shape index (κ1) is 21.9. The molecule has 1 heterocycles. The highest BCUT2D eigenvalue weighted by Gasteiger charge is 2.25. The standard InChI is InChI=1S/C25H42N2/c1-3-5-7-8-9-10-11-15-19-25-26(20-16-6-4-2)21-22-27(25)23-24-17-13-12-14-18-24/h12-14,17-18,21-22,25H,3-11,15-16,19-20,23H2,1-2H3. The zero-order valence-electron chi connectivity index (χ0n) is 17.9. The lowest BCUT2D eigenvalue weighted by molar-refractivity contribution is 0.132. The summed E-state index contributed by atoms with van der Waals surface area (Å²) in [6.45, 7) is 6.82. The number of rotatable bonds is 15. The number of nitrogens with zero attached hydrogens (tertiary/aromatic N) is 2. The fourth-order valence-corrected chi connectivity index (χ4v) is 4.07. The molecule has 0 aliphatic carbocycles. The fourth-order valence-electron chi connectivity index (χ4n) is 4.07. The van der Waals surface area contributed by atoms with Crippen molar-refractivity contribution in [3.05, 3.63) is 48.3 Å². The van der Waals surface area contributed by atoms with Crippen LogP contribution in [0.4, 0.5) is 0 Å². The minimum atomic E-state index is 0.558. The third-order valence-electron chi connectivity index (χ3n) is 5.76. The summed E-state index contributed by atoms with van der Waals surface area (Å²) in [7, 11) is 0. The van der Waals surface area contributed by atoms with Crippen LogP contribution in [0.3, 0.4) is 0 Å². The molecule has 0 fully saturated rings. The maximum absolute atomic E-state index is 2.60. The molecule has 1 unspecified atom stereocenters. The van der Waals surface area contributed by atoms with Crippen LogP contribution < -0.4 is 0 Å². The molecule has 1 aromatic rings. The monoisotopic (exact) mass is 370 g/mol. The highest BCUT2D eigenvalue weighted by atomic mass is 15.4. The van der Waals surface area contributed by atoms with Crippen LogP contribution in [-0.4, -0.2) is 22.5 Å². The Hall–Kier alpha value is -1.44. The molecule has 0 aromatic heterocycles. The van der Waals surface area contributed by atoms with Gasteiger partial charge in [0.1, 0.15) is 6.17 Å². The van der Waals surface area contributed by atoms with Crippen LogP contribution >= 0.6 is 0 Å². The molecule has 0 bridgehead atoms. The quantitative estimate of drug-likeness (QED) is 0.298. The van der Waals surface area contributed by atoms with Crippen LogP contribution in [0.5, 0.6) is 0 Å². The molecule has 0 amide bonds. The van der Waals surface area contributed by atoms with E-state index in [9.17, 15) is 0 Å². The highest BCUT2D eigenvalue weighted by molar-refractivity contribution is 5.15. The molecule has 0 saturated heterocycles. The first-order valence-electron chi connectivity index (χ1n) is 11.6. The van der Waals surface area contributed by atoms with Gasteiger partial charge in [0.05, 0.1) is 0 Å². The van der Waals surface area contributed by atoms with Gasteiger partial charge < -0.3 is 9.80 Å². The van der Waals surface area contributed by atoms with Crippen LogP contribution in [0.2, 0.25) is 0 Å². The van der Waals surface area contributed by atoms with Crippen molar-refractivity contribution in [3.63, 3.8) is 0 Å². The lowest BCUT2D eigenvalue weighted by Crippen LogP contribution is -2.38. The molecule has 152 valence electrons. The Morgan fingerprint density at radius 3 is 1.96 bits per heavy atom. The highest BCUT2D eigenvalue weighted by Crippen LogP contribution is 2.24. The average Bonchev–Trinajstić information content (AvgIpc) is 3.06. The Kier molecular flexibility index (Phi) is 11.1. The minimum absolute atomic E-state index is 0.558. The molecule has 2 nitrogen and oxygen atoms in total. The average molecular weight is 371 g/mol. The number of hydrogen-bond donors (Lipinski definition) is 0. The molecule has 1 aliphatic heterocycles. The predicted molar refractivity (Wildman–Crippen MR) is 118 cm³/mol. The van der Waals surface area contributed by atoms with Crippen molar-refractivity contribution in [2.75, 3.05) is 6.54 Å². The van der Waals surface area contributed by atoms with E-state index < -0.39 is 0 Å². The van der Waals surface area contributed by atoms with E-state index in [4.69, 9.17) is 0 Å². The zero-order chi connectivity index (χ0) is 19.2. The van der Waals surface area contributed by atoms with Crippen molar-refractivity contribution < 1.29 is 0 Å². The van der Waals surface area contributed by atoms with Crippen molar-refractivity contribution in [1.82, 2.24) is 9.80 Å². The van der Waals surface area contributed by atoms with Gasteiger partial charge in [-0.25, -0.2) is 0 Å². The zero-order valence-corrected chi connectivity index (χ0v) is 17.9. The number of hydrogen-bond acceptors (Lipinski definition) is 2. The topological polar surface area (TPSA) is 6.48 Å². The fraction of sp³-hybridized carbons (Fsp3) is 0.680. The van der Waals surface area contributed by atoms with Gasteiger partial charge in [0.2, 0.25) is 0 Å². The maximum atomic E-state index is 2.60. The first-order chi connectivity index (χ1) is 13.3. The molecular weight excluding hydrogens is 328 g/mol. The Morgan fingerprint density at radius 2 is 1.26 bits per heavy atom. The van der Waals surface area contributed by atoms with Crippen LogP contribution in [0, 0.1) is 0 Å². The summed E-state index contributed by atoms with van der Waals surface area (Å²) in [5.41, 5.74) is 1.42. The normalized spacial score (nSPS) is 16.4. The minimum Gasteiger partial charge on any atom is -0.356 e. The largest absolute Gasteiger partial charge is 0.356 e. The van der Waals surface area contributed by atoms with Crippen LogP contribution in [0.25, 0.3) is 0 Å². The molecule has 2 rings (SSSR count). The number of benzene rings is 1. The van der Waals surface area contributed by atoms with Gasteiger partial charge >= 0.3 is 0 Å². The lowest BCUT2D eigenvalue weighted by Gasteiger charge is -2.33. The summed E-state index contributed by atoms with van der Waals surface area (Å²) in [6, 6.07) is 10.9. The summed E-state index contributed by atoms with van der Waals surface area (Å²) in [6.07, 6.45) is 21.7. The molecule has 2 heteroatoms. The van der Waals surface area contributed by atoms with E-state index in [-0.39, 0.29) is 0 Å². The third kappa shape index (κ3) is 8.41. The van der Waals surface area contributed by atoms with E-state index >= 15 is 0 Å². The molecule has 1 aliphatic rings. The van der Waals surface area contributed by atoms with Crippen molar-refractivity contribution in [2.45, 2.75) is 104 Å². The molecule has 0 saturated carbocycles. The van der Waals surface area contributed by atoms with Gasteiger partial charge in [0.25, 0.3) is 0 Å². The second-order valence-corrected chi connectivity index (χ2v) is 8.15. The Morgan fingerprint density at radius 1 is 0.667 bits per heavy atom. The SMILES string of the molecule is CCCCCCCCCCC1N(CCCCC)C=CN1Cc1ccccc1. The summed E-state index contributed by atoms with van der Waals surface area (Å²) in [4.78, 5) is 5.16. The van der Waals surface area contributed by atoms with Crippen molar-refractivity contribution in [2.24, 2.45) is 0 Å². The van der Waals surface area contributed by atoms with Crippen molar-refractivity contribution in [3.8, 4) is 0 Å². The molecule has 27 heavy (non-hydrogen) atoms. The molecule has 0 N–H and O–H groups in total. The van der Waals surface area contributed by atoms with E-state index in [1.807, 2.05) is 0 Å². The van der Waals surface area contributed by atoms with Crippen LogP contribution in [-0.2, 0) is 6.54 Å². The molecule has 0 radical (unpaired) electrons. The summed E-state index contributed by atoms with van der Waals surface area (Å²) < 4.78 is 0. The van der Waals surface area contributed by atoms with Gasteiger partial charge in [-0.3, -0.25) is 0 Å². The van der Waals surface area contributed by atoms with Gasteiger partial charge in [-0.2, -0.15) is 0 Å². The van der Waals surface area contributed by atoms with Gasteiger partial charge in [0.15, 0.2) is 0 Å². The van der Waals surface area contributed by atoms with Gasteiger partial charge in [-0.1, -0.05) is 102 Å². The summed E-state index contributed by atoms with van der Waals surface area (Å²) in [5.74, 6) is 0. The summed E-state index contributed by atoms with van der Waals surface area (Å²) >= 11 is 0. The Balaban J connectivity index is 1.76. The maximum Gasteiger partial charge on any atom is 0.101 e. The van der Waals surface area contributed by atoms with Crippen LogP contribution in [0.15, 0.2) is 42.7 Å². The van der Waals surface area contributed by atoms with E-state index in [0.29, 0.717) is 6.17 Å². The van der Waals surface area contributed by atoms with Gasteiger partial charge in [-0.15, -0.1) is 0 Å². The number of unbranched alkanes of at least 4 members (excludes halogenated alkanes) is 9. The van der Waals surface area contributed by atoms with Crippen molar-refractivity contribution in [1.29, 1.82) is 0 Å². The lowest BCUT2D eigenvalue weighted by atomic mass is 10.1. The second kappa shape index (κ2) is 13.7. The molecular formula is C25H42N2. The Bertz CT molecular complexity index is 496. The van der Waals surface area contributed by atoms with Crippen molar-refractivity contribution >= 4 is 0 Å². The third-order valence-corrected chi connectivity index (χ3v) is 5.76. The Labute approximate surface area is 168 Å².